The highest BCUT2D eigenvalue weighted by Crippen LogP contribution is 2.51. The molecule has 3 nitrogen and oxygen atoms in total. The van der Waals surface area contributed by atoms with Gasteiger partial charge in [0.2, 0.25) is 0 Å². The van der Waals surface area contributed by atoms with E-state index in [2.05, 4.69) is 0 Å². The fourth-order valence-corrected chi connectivity index (χ4v) is 2.90. The summed E-state index contributed by atoms with van der Waals surface area (Å²) in [4.78, 5) is 13.4. The number of halogens is 1. The summed E-state index contributed by atoms with van der Waals surface area (Å²) in [6.07, 6.45) is 0.376. The number of benzene rings is 1. The lowest BCUT2D eigenvalue weighted by atomic mass is 9.72. The molecule has 0 aromatic heterocycles. The molecule has 4 heteroatoms. The zero-order valence-electron chi connectivity index (χ0n) is 10.3. The zero-order chi connectivity index (χ0) is 12.8. The first-order chi connectivity index (χ1) is 8.59. The fraction of sp³-hybridized carbons (Fsp3) is 0.500. The first-order valence-corrected chi connectivity index (χ1v) is 6.25. The minimum Gasteiger partial charge on any atom is -0.445 e. The summed E-state index contributed by atoms with van der Waals surface area (Å²) < 4.78 is 19.2. The van der Waals surface area contributed by atoms with Gasteiger partial charge in [-0.2, -0.15) is 0 Å². The van der Waals surface area contributed by atoms with E-state index in [1.807, 2.05) is 30.3 Å². The van der Waals surface area contributed by atoms with Gasteiger partial charge in [-0.25, -0.2) is 9.18 Å². The minimum atomic E-state index is -1.22. The second kappa shape index (κ2) is 3.97. The second-order valence-electron chi connectivity index (χ2n) is 5.29. The molecule has 2 saturated heterocycles. The van der Waals surface area contributed by atoms with Crippen LogP contribution in [-0.4, -0.2) is 29.2 Å². The highest BCUT2D eigenvalue weighted by atomic mass is 19.1. The summed E-state index contributed by atoms with van der Waals surface area (Å²) in [5.41, 5.74) is -0.272. The van der Waals surface area contributed by atoms with E-state index in [0.717, 1.165) is 12.0 Å². The average Bonchev–Trinajstić information content (AvgIpc) is 2.94. The van der Waals surface area contributed by atoms with Gasteiger partial charge in [0, 0.05) is 12.5 Å². The van der Waals surface area contributed by atoms with Crippen LogP contribution in [0.1, 0.15) is 18.9 Å². The average molecular weight is 249 g/mol. The molecule has 18 heavy (non-hydrogen) atoms. The maximum absolute atomic E-state index is 14.0. The number of carbonyl (C=O) groups is 1. The van der Waals surface area contributed by atoms with Gasteiger partial charge in [-0.3, -0.25) is 0 Å². The van der Waals surface area contributed by atoms with Crippen molar-refractivity contribution in [3.8, 4) is 0 Å². The second-order valence-corrected chi connectivity index (χ2v) is 5.29. The van der Waals surface area contributed by atoms with Gasteiger partial charge in [0.25, 0.3) is 0 Å². The molecule has 4 rings (SSSR count). The Balaban J connectivity index is 1.57. The standard InChI is InChI=1S/C14H16FNO2/c1-14(15)11-7-12(14)16(8-11)13(17)18-9-10-5-3-2-4-6-10/h2-6,11-12H,7-9H2,1H3/t11?,12?,14-/m0/s1. The van der Waals surface area contributed by atoms with Crippen LogP contribution in [0.4, 0.5) is 9.18 Å². The molecule has 1 saturated carbocycles. The molecule has 3 atom stereocenters. The van der Waals surface area contributed by atoms with Gasteiger partial charge in [-0.1, -0.05) is 30.3 Å². The molecule has 1 aliphatic carbocycles. The molecule has 2 unspecified atom stereocenters. The van der Waals surface area contributed by atoms with Gasteiger partial charge < -0.3 is 9.64 Å². The third-order valence-corrected chi connectivity index (χ3v) is 4.19. The maximum Gasteiger partial charge on any atom is 0.410 e. The Morgan fingerprint density at radius 2 is 2.22 bits per heavy atom. The highest BCUT2D eigenvalue weighted by molar-refractivity contribution is 5.69. The Labute approximate surface area is 106 Å². The van der Waals surface area contributed by atoms with Crippen molar-refractivity contribution in [2.24, 2.45) is 5.92 Å². The van der Waals surface area contributed by atoms with Crippen LogP contribution in [0, 0.1) is 5.92 Å². The zero-order valence-corrected chi connectivity index (χ0v) is 10.3. The number of fused-ring (bicyclic) bond motifs is 1. The largest absolute Gasteiger partial charge is 0.445 e. The van der Waals surface area contributed by atoms with Gasteiger partial charge >= 0.3 is 6.09 Å². The predicted molar refractivity (Wildman–Crippen MR) is 64.7 cm³/mol. The van der Waals surface area contributed by atoms with Crippen molar-refractivity contribution in [1.29, 1.82) is 0 Å². The van der Waals surface area contributed by atoms with Gasteiger partial charge in [-0.15, -0.1) is 0 Å². The third kappa shape index (κ3) is 1.67. The SMILES string of the molecule is C[C@]1(F)C2CC1N(C(=O)OCc1ccccc1)C2. The Bertz CT molecular complexity index is 460. The lowest BCUT2D eigenvalue weighted by Crippen LogP contribution is -2.51. The summed E-state index contributed by atoms with van der Waals surface area (Å²) >= 11 is 0. The van der Waals surface area contributed by atoms with Gasteiger partial charge in [0.05, 0.1) is 6.04 Å². The molecule has 0 radical (unpaired) electrons. The van der Waals surface area contributed by atoms with Gasteiger partial charge in [-0.05, 0) is 18.9 Å². The normalized spacial score (nSPS) is 33.1. The van der Waals surface area contributed by atoms with Crippen molar-refractivity contribution < 1.29 is 13.9 Å². The molecular weight excluding hydrogens is 233 g/mol. The fourth-order valence-electron chi connectivity index (χ4n) is 2.90. The van der Waals surface area contributed by atoms with E-state index in [0.29, 0.717) is 6.54 Å². The number of rotatable bonds is 2. The molecule has 1 aromatic carbocycles. The van der Waals surface area contributed by atoms with Gasteiger partial charge in [0.15, 0.2) is 0 Å². The third-order valence-electron chi connectivity index (χ3n) is 4.19. The first kappa shape index (κ1) is 11.5. The Kier molecular flexibility index (Phi) is 2.54. The lowest BCUT2D eigenvalue weighted by molar-refractivity contribution is -0.000717. The molecule has 3 aliphatic rings. The van der Waals surface area contributed by atoms with Crippen molar-refractivity contribution in [2.45, 2.75) is 31.7 Å². The molecule has 3 fully saturated rings. The summed E-state index contributed by atoms with van der Waals surface area (Å²) in [7, 11) is 0. The van der Waals surface area contributed by atoms with Crippen LogP contribution in [0.25, 0.3) is 0 Å². The summed E-state index contributed by atoms with van der Waals surface area (Å²) in [5, 5.41) is 0. The van der Waals surface area contributed by atoms with Gasteiger partial charge in [0.1, 0.15) is 12.3 Å². The number of hydrogen-bond acceptors (Lipinski definition) is 2. The maximum atomic E-state index is 14.0. The van der Waals surface area contributed by atoms with Crippen LogP contribution < -0.4 is 0 Å². The van der Waals surface area contributed by atoms with E-state index in [-0.39, 0.29) is 18.6 Å². The smallest absolute Gasteiger partial charge is 0.410 e. The van der Waals surface area contributed by atoms with Crippen LogP contribution in [-0.2, 0) is 11.3 Å². The van der Waals surface area contributed by atoms with Crippen molar-refractivity contribution in [2.75, 3.05) is 6.54 Å². The molecule has 1 amide bonds. The van der Waals surface area contributed by atoms with Crippen LogP contribution >= 0.6 is 0 Å². The molecule has 96 valence electrons. The Hall–Kier alpha value is -1.58. The number of nitrogens with zero attached hydrogens (tertiary/aromatic N) is 1. The van der Waals surface area contributed by atoms with Crippen molar-refractivity contribution in [1.82, 2.24) is 4.90 Å². The summed E-state index contributed by atoms with van der Waals surface area (Å²) in [6, 6.07) is 9.22. The van der Waals surface area contributed by atoms with Crippen LogP contribution in [0.5, 0.6) is 0 Å². The Morgan fingerprint density at radius 1 is 1.50 bits per heavy atom. The number of ether oxygens (including phenoxy) is 1. The number of hydrogen-bond donors (Lipinski definition) is 0. The van der Waals surface area contributed by atoms with Crippen molar-refractivity contribution in [3.05, 3.63) is 35.9 Å². The molecular formula is C14H16FNO2. The number of alkyl halides is 1. The lowest BCUT2D eigenvalue weighted by Gasteiger charge is -2.39. The number of carbonyl (C=O) groups excluding carboxylic acids is 1. The molecule has 0 spiro atoms. The molecule has 2 bridgehead atoms. The van der Waals surface area contributed by atoms with E-state index in [4.69, 9.17) is 4.74 Å². The van der Waals surface area contributed by atoms with E-state index in [1.165, 1.54) is 4.90 Å². The molecule has 1 aromatic rings. The predicted octanol–water partition coefficient (Wildman–Crippen LogP) is 2.76. The monoisotopic (exact) mass is 249 g/mol. The molecule has 2 aliphatic heterocycles. The van der Waals surface area contributed by atoms with Crippen LogP contribution in [0.3, 0.4) is 0 Å². The molecule has 2 heterocycles. The molecule has 0 N–H and O–H groups in total. The van der Waals surface area contributed by atoms with E-state index in [1.54, 1.807) is 6.92 Å². The summed E-state index contributed by atoms with van der Waals surface area (Å²) in [5.74, 6) is -0.00762. The van der Waals surface area contributed by atoms with Crippen LogP contribution in [0.2, 0.25) is 0 Å². The van der Waals surface area contributed by atoms with E-state index < -0.39 is 11.8 Å². The summed E-state index contributed by atoms with van der Waals surface area (Å²) in [6.45, 7) is 2.32. The van der Waals surface area contributed by atoms with E-state index >= 15 is 0 Å². The highest BCUT2D eigenvalue weighted by Gasteiger charge is 2.63. The Morgan fingerprint density at radius 3 is 2.78 bits per heavy atom. The first-order valence-electron chi connectivity index (χ1n) is 6.25. The van der Waals surface area contributed by atoms with Crippen LogP contribution in [0.15, 0.2) is 30.3 Å². The number of amides is 1. The quantitative estimate of drug-likeness (QED) is 0.806. The van der Waals surface area contributed by atoms with E-state index in [9.17, 15) is 9.18 Å². The van der Waals surface area contributed by atoms with Crippen molar-refractivity contribution in [3.63, 3.8) is 0 Å². The topological polar surface area (TPSA) is 29.5 Å². The van der Waals surface area contributed by atoms with Crippen molar-refractivity contribution >= 4 is 6.09 Å². The minimum absolute atomic E-state index is 0.00762.